The number of hydrogen-bond acceptors (Lipinski definition) is 13. The number of primary amides is 1. The molecule has 0 bridgehead atoms. The zero-order valence-corrected chi connectivity index (χ0v) is 40.8. The first-order chi connectivity index (χ1) is 31.8. The summed E-state index contributed by atoms with van der Waals surface area (Å²) >= 11 is 1.77. The number of aliphatic carboxylic acids is 3. The van der Waals surface area contributed by atoms with Gasteiger partial charge >= 0.3 is 17.9 Å². The van der Waals surface area contributed by atoms with E-state index in [1.165, 1.54) is 26.2 Å². The Labute approximate surface area is 405 Å². The van der Waals surface area contributed by atoms with Gasteiger partial charge in [0.15, 0.2) is 0 Å². The van der Waals surface area contributed by atoms with E-state index in [0.29, 0.717) is 25.7 Å². The van der Waals surface area contributed by atoms with E-state index in [1.54, 1.807) is 22.9 Å². The molecular formula is C43H75IN8O15. The van der Waals surface area contributed by atoms with Gasteiger partial charge in [0.25, 0.3) is 0 Å². The monoisotopic (exact) mass is 1070 g/mol. The molecule has 0 radical (unpaired) electrons. The minimum atomic E-state index is -1.56. The van der Waals surface area contributed by atoms with E-state index < -0.39 is 128 Å². The smallest absolute Gasteiger partial charge is 0.326 e. The number of rotatable bonds is 42. The molecule has 0 fully saturated rings. The largest absolute Gasteiger partial charge is 0.481 e. The van der Waals surface area contributed by atoms with Crippen LogP contribution < -0.4 is 41.2 Å². The Morgan fingerprint density at radius 1 is 0.493 bits per heavy atom. The number of aliphatic hydroxyl groups excluding tert-OH is 2. The van der Waals surface area contributed by atoms with E-state index in [0.717, 1.165) is 64.2 Å². The lowest BCUT2D eigenvalue weighted by molar-refractivity contribution is -0.143. The number of nitrogens with two attached hydrogens (primary N) is 1. The maximum absolute atomic E-state index is 12.6. The summed E-state index contributed by atoms with van der Waals surface area (Å²) in [5.74, 6) is -8.70. The van der Waals surface area contributed by atoms with Gasteiger partial charge in [0, 0.05) is 55.1 Å². The number of unbranched alkanes of at least 4 members (excludes halogenated alkanes) is 14. The van der Waals surface area contributed by atoms with Gasteiger partial charge < -0.3 is 63.2 Å². The Morgan fingerprint density at radius 2 is 0.925 bits per heavy atom. The number of carboxylic acid groups (broad SMARTS) is 3. The van der Waals surface area contributed by atoms with E-state index in [-0.39, 0.29) is 25.8 Å². The molecule has 7 amide bonds. The van der Waals surface area contributed by atoms with Crippen LogP contribution >= 0.6 is 22.9 Å². The molecule has 23 nitrogen and oxygen atoms in total. The molecule has 0 saturated carbocycles. The van der Waals surface area contributed by atoms with Crippen LogP contribution in [0.1, 0.15) is 155 Å². The molecule has 6 atom stereocenters. The van der Waals surface area contributed by atoms with Crippen molar-refractivity contribution >= 4 is 82.1 Å². The van der Waals surface area contributed by atoms with Crippen LogP contribution in [0.5, 0.6) is 0 Å². The topological polar surface area (TPSA) is 382 Å². The van der Waals surface area contributed by atoms with Gasteiger partial charge in [-0.05, 0) is 51.9 Å². The van der Waals surface area contributed by atoms with E-state index >= 15 is 0 Å². The summed E-state index contributed by atoms with van der Waals surface area (Å²) in [5.41, 5.74) is 5.20. The number of aliphatic hydroxyl groups is 2. The zero-order valence-electron chi connectivity index (χ0n) is 38.6. The number of carbonyl (C=O) groups is 10. The van der Waals surface area contributed by atoms with Crippen molar-refractivity contribution in [1.82, 2.24) is 35.4 Å². The van der Waals surface area contributed by atoms with Crippen LogP contribution in [-0.4, -0.2) is 141 Å². The molecule has 0 aromatic rings. The SMILES string of the molecule is C[C@@H](O)[C@H](NC(=O)[C@H](CCCCNC(=O)CNC(=O)[C@H](CO)NC(=O)CC[C@H](NC(=O)CC[C@H](NC(=O)CCCCCCCCCCCCCCCCC(=O)O)C(=O)O)C(=O)O)NI)C(N)=O. The first-order valence-electron chi connectivity index (χ1n) is 23.2. The predicted molar refractivity (Wildman–Crippen MR) is 252 cm³/mol. The molecule has 0 aliphatic rings. The van der Waals surface area contributed by atoms with E-state index in [1.807, 2.05) is 0 Å². The van der Waals surface area contributed by atoms with Crippen molar-refractivity contribution in [3.63, 3.8) is 0 Å². The normalized spacial score (nSPS) is 13.7. The lowest BCUT2D eigenvalue weighted by Gasteiger charge is -2.21. The van der Waals surface area contributed by atoms with Gasteiger partial charge in [0.05, 0.1) is 25.3 Å². The molecule has 67 heavy (non-hydrogen) atoms. The highest BCUT2D eigenvalue weighted by Gasteiger charge is 2.28. The van der Waals surface area contributed by atoms with Crippen LogP contribution in [0.25, 0.3) is 0 Å². The zero-order chi connectivity index (χ0) is 50.6. The fourth-order valence-electron chi connectivity index (χ4n) is 6.72. The molecule has 24 heteroatoms. The summed E-state index contributed by atoms with van der Waals surface area (Å²) in [6, 6.07) is -6.43. The van der Waals surface area contributed by atoms with Crippen molar-refractivity contribution in [2.24, 2.45) is 5.73 Å². The summed E-state index contributed by atoms with van der Waals surface area (Å²) < 4.78 is 2.77. The van der Waals surface area contributed by atoms with Crippen LogP contribution in [0, 0.1) is 0 Å². The van der Waals surface area contributed by atoms with Gasteiger partial charge in [-0.25, -0.2) is 13.1 Å². The minimum Gasteiger partial charge on any atom is -0.481 e. The third-order valence-corrected chi connectivity index (χ3v) is 11.4. The number of amides is 7. The van der Waals surface area contributed by atoms with Crippen molar-refractivity contribution < 1.29 is 73.5 Å². The highest BCUT2D eigenvalue weighted by Crippen LogP contribution is 2.14. The molecule has 0 aromatic heterocycles. The van der Waals surface area contributed by atoms with Gasteiger partial charge in [0.2, 0.25) is 41.4 Å². The van der Waals surface area contributed by atoms with Crippen molar-refractivity contribution in [3.05, 3.63) is 0 Å². The Kier molecular flexibility index (Phi) is 35.6. The summed E-state index contributed by atoms with van der Waals surface area (Å²) in [6.07, 6.45) is 12.9. The Bertz CT molecular complexity index is 1560. The highest BCUT2D eigenvalue weighted by molar-refractivity contribution is 14.1. The third kappa shape index (κ3) is 32.6. The standard InChI is InChI=1S/C43H75IN8O15/c1-28(54)38(39(45)61)51-41(63)29(52-44)18-16-17-25-46-36(58)26-47-40(62)32(27-53)50-35(57)24-22-31(43(66)67)49-34(56)23-21-30(42(64)65)48-33(55)19-14-12-10-8-6-4-2-3-5-7-9-11-13-15-20-37(59)60/h28-32,38,52-54H,2-27H2,1H3,(H2,45,61)(H,46,58)(H,47,62)(H,48,55)(H,49,56)(H,50,57)(H,51,63)(H,59,60)(H,64,65)(H,66,67)/t28-,29+,30+,31+,32+,38+/m1/s1. The molecule has 14 N–H and O–H groups in total. The molecule has 384 valence electrons. The van der Waals surface area contributed by atoms with Crippen molar-refractivity contribution in [1.29, 1.82) is 0 Å². The maximum atomic E-state index is 12.6. The fourth-order valence-corrected chi connectivity index (χ4v) is 7.31. The van der Waals surface area contributed by atoms with Crippen LogP contribution in [0.4, 0.5) is 0 Å². The predicted octanol–water partition coefficient (Wildman–Crippen LogP) is 0.551. The van der Waals surface area contributed by atoms with Gasteiger partial charge in [-0.2, -0.15) is 0 Å². The van der Waals surface area contributed by atoms with Crippen LogP contribution in [0.2, 0.25) is 0 Å². The summed E-state index contributed by atoms with van der Waals surface area (Å²) in [6.45, 7) is 0.113. The lowest BCUT2D eigenvalue weighted by Crippen LogP contribution is -2.54. The van der Waals surface area contributed by atoms with E-state index in [4.69, 9.17) is 10.8 Å². The Hall–Kier alpha value is -4.69. The summed E-state index contributed by atoms with van der Waals surface area (Å²) in [5, 5.41) is 61.3. The molecule has 0 aliphatic carbocycles. The van der Waals surface area contributed by atoms with Gasteiger partial charge in [-0.1, -0.05) is 77.0 Å². The maximum Gasteiger partial charge on any atom is 0.326 e. The first kappa shape index (κ1) is 62.3. The Morgan fingerprint density at radius 3 is 1.33 bits per heavy atom. The van der Waals surface area contributed by atoms with Gasteiger partial charge in [0.1, 0.15) is 24.2 Å². The molecule has 0 aromatic carbocycles. The summed E-state index contributed by atoms with van der Waals surface area (Å²) in [7, 11) is 0. The number of carboxylic acids is 3. The third-order valence-electron chi connectivity index (χ3n) is 10.7. The molecule has 0 spiro atoms. The second-order valence-corrected chi connectivity index (χ2v) is 17.1. The van der Waals surface area contributed by atoms with Crippen LogP contribution in [0.15, 0.2) is 0 Å². The average molecular weight is 1070 g/mol. The molecule has 0 saturated heterocycles. The van der Waals surface area contributed by atoms with Gasteiger partial charge in [-0.3, -0.25) is 38.4 Å². The molecule has 0 heterocycles. The fraction of sp³-hybridized carbons (Fsp3) is 0.767. The second kappa shape index (κ2) is 38.3. The minimum absolute atomic E-state index is 0.115. The number of carbonyl (C=O) groups excluding carboxylic acids is 7. The van der Waals surface area contributed by atoms with Crippen molar-refractivity contribution in [3.8, 4) is 0 Å². The quantitative estimate of drug-likeness (QED) is 0.0226. The number of nitrogens with one attached hydrogen (secondary N) is 7. The van der Waals surface area contributed by atoms with Crippen LogP contribution in [-0.2, 0) is 47.9 Å². The molecule has 0 rings (SSSR count). The number of hydrogen-bond donors (Lipinski definition) is 13. The van der Waals surface area contributed by atoms with E-state index in [9.17, 15) is 68.4 Å². The van der Waals surface area contributed by atoms with Crippen molar-refractivity contribution in [2.75, 3.05) is 19.7 Å². The molecule has 0 unspecified atom stereocenters. The Balaban J connectivity index is 4.45. The lowest BCUT2D eigenvalue weighted by atomic mass is 10.0. The van der Waals surface area contributed by atoms with Gasteiger partial charge in [-0.15, -0.1) is 0 Å². The van der Waals surface area contributed by atoms with Crippen molar-refractivity contribution in [2.45, 2.75) is 191 Å². The van der Waals surface area contributed by atoms with Crippen LogP contribution in [0.3, 0.4) is 0 Å². The number of halogens is 1. The average Bonchev–Trinajstić information content (AvgIpc) is 3.26. The summed E-state index contributed by atoms with van der Waals surface area (Å²) in [4.78, 5) is 120. The van der Waals surface area contributed by atoms with E-state index in [2.05, 4.69) is 35.4 Å². The first-order valence-corrected chi connectivity index (χ1v) is 24.2. The second-order valence-electron chi connectivity index (χ2n) is 16.5. The highest BCUT2D eigenvalue weighted by atomic mass is 127. The molecule has 0 aliphatic heterocycles. The molecular weight excluding hydrogens is 995 g/mol.